The van der Waals surface area contributed by atoms with Gasteiger partial charge in [0.1, 0.15) is 0 Å². The van der Waals surface area contributed by atoms with Gasteiger partial charge in [0.15, 0.2) is 6.10 Å². The molecular weight excluding hydrogens is 300 g/mol. The van der Waals surface area contributed by atoms with E-state index in [2.05, 4.69) is 5.32 Å². The van der Waals surface area contributed by atoms with Crippen LogP contribution < -0.4 is 5.32 Å². The van der Waals surface area contributed by atoms with Crippen molar-refractivity contribution in [1.29, 1.82) is 0 Å². The summed E-state index contributed by atoms with van der Waals surface area (Å²) in [6.45, 7) is -0.956. The van der Waals surface area contributed by atoms with E-state index < -0.39 is 35.6 Å². The number of halogens is 7. The fourth-order valence-corrected chi connectivity index (χ4v) is 1.41. The van der Waals surface area contributed by atoms with Crippen molar-refractivity contribution >= 4 is 17.3 Å². The Morgan fingerprint density at radius 3 is 2.21 bits per heavy atom. The van der Waals surface area contributed by atoms with Crippen molar-refractivity contribution in [3.05, 3.63) is 28.8 Å². The van der Waals surface area contributed by atoms with Crippen molar-refractivity contribution in [3.63, 3.8) is 0 Å². The predicted molar refractivity (Wildman–Crippen MR) is 57.0 cm³/mol. The molecule has 0 spiro atoms. The molecule has 0 heterocycles. The lowest BCUT2D eigenvalue weighted by Gasteiger charge is -2.17. The SMILES string of the molecule is OC(CNc1ccc(Cl)c(C(F)(F)F)c1)C(F)(F)F. The van der Waals surface area contributed by atoms with Crippen molar-refractivity contribution in [2.75, 3.05) is 11.9 Å². The third-order valence-corrected chi connectivity index (χ3v) is 2.48. The van der Waals surface area contributed by atoms with Gasteiger partial charge >= 0.3 is 12.4 Å². The van der Waals surface area contributed by atoms with Gasteiger partial charge < -0.3 is 10.4 Å². The monoisotopic (exact) mass is 307 g/mol. The summed E-state index contributed by atoms with van der Waals surface area (Å²) in [5.41, 5.74) is -1.39. The number of hydrogen-bond acceptors (Lipinski definition) is 2. The molecule has 19 heavy (non-hydrogen) atoms. The first-order valence-electron chi connectivity index (χ1n) is 4.87. The molecule has 1 aromatic rings. The molecule has 0 aliphatic rings. The minimum atomic E-state index is -4.84. The van der Waals surface area contributed by atoms with Crippen LogP contribution in [0.4, 0.5) is 32.0 Å². The normalized spacial score (nSPS) is 14.3. The van der Waals surface area contributed by atoms with Crippen LogP contribution in [0.1, 0.15) is 5.56 Å². The number of rotatable bonds is 3. The molecule has 0 radical (unpaired) electrons. The third kappa shape index (κ3) is 4.46. The van der Waals surface area contributed by atoms with Crippen LogP contribution in [0.2, 0.25) is 5.02 Å². The quantitative estimate of drug-likeness (QED) is 0.835. The van der Waals surface area contributed by atoms with E-state index >= 15 is 0 Å². The zero-order valence-electron chi connectivity index (χ0n) is 9.11. The Labute approximate surface area is 109 Å². The molecule has 1 rings (SSSR count). The maximum atomic E-state index is 12.5. The van der Waals surface area contributed by atoms with Gasteiger partial charge in [0, 0.05) is 12.2 Å². The molecule has 0 aromatic heterocycles. The average Bonchev–Trinajstić information content (AvgIpc) is 2.24. The largest absolute Gasteiger partial charge is 0.417 e. The Bertz CT molecular complexity index is 445. The maximum Gasteiger partial charge on any atom is 0.417 e. The zero-order chi connectivity index (χ0) is 14.8. The van der Waals surface area contributed by atoms with Crippen LogP contribution in [-0.2, 0) is 6.18 Å². The molecule has 1 aromatic carbocycles. The summed E-state index contributed by atoms with van der Waals surface area (Å²) in [5.74, 6) is 0. The Balaban J connectivity index is 2.82. The lowest BCUT2D eigenvalue weighted by atomic mass is 10.2. The van der Waals surface area contributed by atoms with Gasteiger partial charge in [0.25, 0.3) is 0 Å². The van der Waals surface area contributed by atoms with Crippen molar-refractivity contribution in [2.45, 2.75) is 18.5 Å². The molecule has 108 valence electrons. The first kappa shape index (κ1) is 15.9. The summed E-state index contributed by atoms with van der Waals surface area (Å²) in [6.07, 6.45) is -12.2. The minimum Gasteiger partial charge on any atom is -0.382 e. The second-order valence-corrected chi connectivity index (χ2v) is 4.04. The summed E-state index contributed by atoms with van der Waals surface area (Å²) in [6, 6.07) is 2.57. The van der Waals surface area contributed by atoms with Crippen LogP contribution in [-0.4, -0.2) is 23.9 Å². The number of aliphatic hydroxyl groups excluding tert-OH is 1. The van der Waals surface area contributed by atoms with Gasteiger partial charge in [-0.05, 0) is 18.2 Å². The van der Waals surface area contributed by atoms with Crippen LogP contribution in [0.25, 0.3) is 0 Å². The molecule has 0 fully saturated rings. The van der Waals surface area contributed by atoms with Gasteiger partial charge in [0.2, 0.25) is 0 Å². The van der Waals surface area contributed by atoms with Crippen LogP contribution in [0.3, 0.4) is 0 Å². The highest BCUT2D eigenvalue weighted by Gasteiger charge is 2.38. The van der Waals surface area contributed by atoms with E-state index in [0.717, 1.165) is 12.1 Å². The summed E-state index contributed by atoms with van der Waals surface area (Å²) in [7, 11) is 0. The van der Waals surface area contributed by atoms with Crippen LogP contribution in [0.5, 0.6) is 0 Å². The molecule has 0 saturated carbocycles. The molecule has 0 aliphatic heterocycles. The molecule has 2 nitrogen and oxygen atoms in total. The smallest absolute Gasteiger partial charge is 0.382 e. The van der Waals surface area contributed by atoms with Crippen LogP contribution >= 0.6 is 11.6 Å². The van der Waals surface area contributed by atoms with E-state index in [1.54, 1.807) is 0 Å². The Kier molecular flexibility index (Phi) is 4.57. The number of aliphatic hydroxyl groups is 1. The highest BCUT2D eigenvalue weighted by Crippen LogP contribution is 2.36. The molecule has 0 bridgehead atoms. The first-order valence-corrected chi connectivity index (χ1v) is 5.25. The molecule has 1 unspecified atom stereocenters. The van der Waals surface area contributed by atoms with Gasteiger partial charge in [-0.3, -0.25) is 0 Å². The van der Waals surface area contributed by atoms with Gasteiger partial charge in [-0.1, -0.05) is 11.6 Å². The topological polar surface area (TPSA) is 32.3 Å². The van der Waals surface area contributed by atoms with E-state index in [4.69, 9.17) is 16.7 Å². The molecule has 0 amide bonds. The second kappa shape index (κ2) is 5.46. The van der Waals surface area contributed by atoms with E-state index in [0.29, 0.717) is 6.07 Å². The standard InChI is InChI=1S/C10H8ClF6NO/c11-7-2-1-5(3-6(7)9(12,13)14)18-4-8(19)10(15,16)17/h1-3,8,18-19H,4H2. The van der Waals surface area contributed by atoms with Gasteiger partial charge in [-0.25, -0.2) is 0 Å². The fourth-order valence-electron chi connectivity index (χ4n) is 1.18. The molecule has 9 heteroatoms. The predicted octanol–water partition coefficient (Wildman–Crippen LogP) is 3.69. The number of alkyl halides is 6. The van der Waals surface area contributed by atoms with Crippen molar-refractivity contribution in [1.82, 2.24) is 0 Å². The van der Waals surface area contributed by atoms with Crippen molar-refractivity contribution in [3.8, 4) is 0 Å². The van der Waals surface area contributed by atoms with Crippen LogP contribution in [0, 0.1) is 0 Å². The number of anilines is 1. The molecule has 0 saturated heterocycles. The molecule has 2 N–H and O–H groups in total. The van der Waals surface area contributed by atoms with Crippen LogP contribution in [0.15, 0.2) is 18.2 Å². The summed E-state index contributed by atoms with van der Waals surface area (Å²) in [4.78, 5) is 0. The summed E-state index contributed by atoms with van der Waals surface area (Å²) >= 11 is 5.34. The Morgan fingerprint density at radius 2 is 1.74 bits per heavy atom. The fraction of sp³-hybridized carbons (Fsp3) is 0.400. The molecule has 0 aliphatic carbocycles. The van der Waals surface area contributed by atoms with Crippen molar-refractivity contribution < 1.29 is 31.4 Å². The summed E-state index contributed by atoms with van der Waals surface area (Å²) in [5, 5.41) is 10.2. The van der Waals surface area contributed by atoms with Gasteiger partial charge in [-0.2, -0.15) is 26.3 Å². The molecule has 1 atom stereocenters. The van der Waals surface area contributed by atoms with E-state index in [1.165, 1.54) is 0 Å². The lowest BCUT2D eigenvalue weighted by molar-refractivity contribution is -0.198. The van der Waals surface area contributed by atoms with Gasteiger partial charge in [-0.15, -0.1) is 0 Å². The third-order valence-electron chi connectivity index (χ3n) is 2.15. The Morgan fingerprint density at radius 1 is 1.16 bits per heavy atom. The minimum absolute atomic E-state index is 0.222. The van der Waals surface area contributed by atoms with Gasteiger partial charge in [0.05, 0.1) is 10.6 Å². The lowest BCUT2D eigenvalue weighted by Crippen LogP contribution is -2.35. The Hall–Kier alpha value is -1.15. The highest BCUT2D eigenvalue weighted by atomic mass is 35.5. The maximum absolute atomic E-state index is 12.5. The number of hydrogen-bond donors (Lipinski definition) is 2. The van der Waals surface area contributed by atoms with E-state index in [-0.39, 0.29) is 5.69 Å². The van der Waals surface area contributed by atoms with Crippen molar-refractivity contribution in [2.24, 2.45) is 0 Å². The zero-order valence-corrected chi connectivity index (χ0v) is 9.87. The molecular formula is C10H8ClF6NO. The number of nitrogens with one attached hydrogen (secondary N) is 1. The summed E-state index contributed by atoms with van der Waals surface area (Å²) < 4.78 is 73.4. The first-order chi connectivity index (χ1) is 8.51. The highest BCUT2D eigenvalue weighted by molar-refractivity contribution is 6.31. The average molecular weight is 308 g/mol. The number of benzene rings is 1. The van der Waals surface area contributed by atoms with E-state index in [9.17, 15) is 26.3 Å². The second-order valence-electron chi connectivity index (χ2n) is 3.63. The van der Waals surface area contributed by atoms with E-state index in [1.807, 2.05) is 0 Å².